The van der Waals surface area contributed by atoms with Gasteiger partial charge in [-0.3, -0.25) is 0 Å². The zero-order chi connectivity index (χ0) is 15.5. The van der Waals surface area contributed by atoms with E-state index in [2.05, 4.69) is 9.93 Å². The van der Waals surface area contributed by atoms with Gasteiger partial charge in [0.2, 0.25) is 0 Å². The topological polar surface area (TPSA) is 58.5 Å². The molecule has 0 aliphatic heterocycles. The van der Waals surface area contributed by atoms with Crippen LogP contribution in [0.25, 0.3) is 0 Å². The number of rotatable bonds is 4. The van der Waals surface area contributed by atoms with E-state index < -0.39 is 10.0 Å². The molecule has 0 fully saturated rings. The Morgan fingerprint density at radius 2 is 1.81 bits per heavy atom. The van der Waals surface area contributed by atoms with Crippen molar-refractivity contribution in [3.8, 4) is 0 Å². The SMILES string of the molecule is C/C(=N\NS(=O)(=O)c1ccc(Cl)cc1)c1cccc(C)c1. The molecule has 0 aliphatic carbocycles. The number of hydrazone groups is 1. The Bertz CT molecular complexity index is 769. The Morgan fingerprint density at radius 1 is 1.14 bits per heavy atom. The molecule has 0 heterocycles. The predicted octanol–water partition coefficient (Wildman–Crippen LogP) is 3.35. The summed E-state index contributed by atoms with van der Waals surface area (Å²) in [6, 6.07) is 13.6. The molecule has 2 rings (SSSR count). The molecule has 0 atom stereocenters. The minimum absolute atomic E-state index is 0.118. The molecular formula is C15H15ClN2O2S. The van der Waals surface area contributed by atoms with Gasteiger partial charge in [0, 0.05) is 5.02 Å². The van der Waals surface area contributed by atoms with Crippen molar-refractivity contribution in [3.05, 3.63) is 64.7 Å². The molecule has 1 N–H and O–H groups in total. The molecular weight excluding hydrogens is 308 g/mol. The van der Waals surface area contributed by atoms with E-state index in [1.165, 1.54) is 24.3 Å². The van der Waals surface area contributed by atoms with Gasteiger partial charge in [-0.1, -0.05) is 41.4 Å². The summed E-state index contributed by atoms with van der Waals surface area (Å²) in [5.74, 6) is 0. The third-order valence-electron chi connectivity index (χ3n) is 2.89. The van der Waals surface area contributed by atoms with Gasteiger partial charge in [0.05, 0.1) is 10.6 Å². The van der Waals surface area contributed by atoms with Crippen molar-refractivity contribution < 1.29 is 8.42 Å². The van der Waals surface area contributed by atoms with Gasteiger partial charge >= 0.3 is 0 Å². The van der Waals surface area contributed by atoms with Gasteiger partial charge in [0.25, 0.3) is 10.0 Å². The van der Waals surface area contributed by atoms with E-state index in [0.29, 0.717) is 10.7 Å². The molecule has 0 saturated heterocycles. The molecule has 2 aromatic rings. The summed E-state index contributed by atoms with van der Waals surface area (Å²) in [6.45, 7) is 3.72. The van der Waals surface area contributed by atoms with E-state index in [1.54, 1.807) is 6.92 Å². The maximum atomic E-state index is 12.1. The first-order chi connectivity index (χ1) is 9.88. The average molecular weight is 323 g/mol. The van der Waals surface area contributed by atoms with Crippen LogP contribution in [0.5, 0.6) is 0 Å². The number of sulfonamides is 1. The Kier molecular flexibility index (Phi) is 4.65. The number of nitrogens with one attached hydrogen (secondary N) is 1. The molecule has 0 bridgehead atoms. The zero-order valence-corrected chi connectivity index (χ0v) is 13.2. The first-order valence-corrected chi connectivity index (χ1v) is 8.13. The smallest absolute Gasteiger partial charge is 0.200 e. The van der Waals surface area contributed by atoms with Crippen molar-refractivity contribution in [2.24, 2.45) is 5.10 Å². The second kappa shape index (κ2) is 6.28. The normalized spacial score (nSPS) is 12.2. The number of benzene rings is 2. The molecule has 2 aromatic carbocycles. The molecule has 0 aromatic heterocycles. The molecule has 21 heavy (non-hydrogen) atoms. The summed E-state index contributed by atoms with van der Waals surface area (Å²) in [4.78, 5) is 2.35. The molecule has 0 unspecified atom stereocenters. The van der Waals surface area contributed by atoms with Crippen molar-refractivity contribution in [3.63, 3.8) is 0 Å². The summed E-state index contributed by atoms with van der Waals surface area (Å²) in [7, 11) is -3.69. The number of aryl methyl sites for hydroxylation is 1. The number of halogens is 1. The molecule has 110 valence electrons. The molecule has 0 radical (unpaired) electrons. The summed E-state index contributed by atoms with van der Waals surface area (Å²) in [5.41, 5.74) is 2.55. The van der Waals surface area contributed by atoms with Crippen molar-refractivity contribution in [1.29, 1.82) is 0 Å². The highest BCUT2D eigenvalue weighted by Gasteiger charge is 2.12. The van der Waals surface area contributed by atoms with Gasteiger partial charge in [0.15, 0.2) is 0 Å². The van der Waals surface area contributed by atoms with E-state index in [-0.39, 0.29) is 4.90 Å². The zero-order valence-electron chi connectivity index (χ0n) is 11.7. The highest BCUT2D eigenvalue weighted by atomic mass is 35.5. The van der Waals surface area contributed by atoms with E-state index >= 15 is 0 Å². The maximum absolute atomic E-state index is 12.1. The summed E-state index contributed by atoms with van der Waals surface area (Å²) < 4.78 is 24.2. The predicted molar refractivity (Wildman–Crippen MR) is 85.2 cm³/mol. The minimum Gasteiger partial charge on any atom is -0.200 e. The maximum Gasteiger partial charge on any atom is 0.276 e. The minimum atomic E-state index is -3.69. The lowest BCUT2D eigenvalue weighted by Gasteiger charge is -2.06. The van der Waals surface area contributed by atoms with Gasteiger partial charge in [0.1, 0.15) is 0 Å². The van der Waals surface area contributed by atoms with Crippen LogP contribution in [0.2, 0.25) is 5.02 Å². The quantitative estimate of drug-likeness (QED) is 0.693. The third kappa shape index (κ3) is 4.06. The summed E-state index contributed by atoms with van der Waals surface area (Å²) in [5, 5.41) is 4.43. The van der Waals surface area contributed by atoms with Gasteiger partial charge < -0.3 is 0 Å². The van der Waals surface area contributed by atoms with E-state index in [0.717, 1.165) is 11.1 Å². The van der Waals surface area contributed by atoms with Crippen LogP contribution in [0.3, 0.4) is 0 Å². The van der Waals surface area contributed by atoms with Crippen LogP contribution in [0.15, 0.2) is 58.5 Å². The van der Waals surface area contributed by atoms with Crippen LogP contribution < -0.4 is 4.83 Å². The number of hydrogen-bond acceptors (Lipinski definition) is 3. The van der Waals surface area contributed by atoms with Crippen molar-refractivity contribution >= 4 is 27.3 Å². The number of nitrogens with zero attached hydrogens (tertiary/aromatic N) is 1. The van der Waals surface area contributed by atoms with Crippen LogP contribution in [-0.2, 0) is 10.0 Å². The van der Waals surface area contributed by atoms with Crippen LogP contribution >= 0.6 is 11.6 Å². The van der Waals surface area contributed by atoms with Crippen molar-refractivity contribution in [1.82, 2.24) is 4.83 Å². The van der Waals surface area contributed by atoms with E-state index in [1.807, 2.05) is 31.2 Å². The van der Waals surface area contributed by atoms with Crippen LogP contribution in [0, 0.1) is 6.92 Å². The van der Waals surface area contributed by atoms with Gasteiger partial charge in [-0.25, -0.2) is 0 Å². The summed E-state index contributed by atoms with van der Waals surface area (Å²) >= 11 is 5.74. The standard InChI is InChI=1S/C15H15ClN2O2S/c1-11-4-3-5-13(10-11)12(2)17-18-21(19,20)15-8-6-14(16)7-9-15/h3-10,18H,1-2H3/b17-12+. The second-order valence-electron chi connectivity index (χ2n) is 4.62. The fraction of sp³-hybridized carbons (Fsp3) is 0.133. The van der Waals surface area contributed by atoms with Crippen molar-refractivity contribution in [2.45, 2.75) is 18.7 Å². The first kappa shape index (κ1) is 15.5. The summed E-state index contributed by atoms with van der Waals surface area (Å²) in [6.07, 6.45) is 0. The molecule has 0 saturated carbocycles. The largest absolute Gasteiger partial charge is 0.276 e. The molecule has 0 amide bonds. The van der Waals surface area contributed by atoms with Gasteiger partial charge in [-0.05, 0) is 43.7 Å². The lowest BCUT2D eigenvalue weighted by Crippen LogP contribution is -2.19. The Labute approximate surface area is 129 Å². The highest BCUT2D eigenvalue weighted by Crippen LogP contribution is 2.14. The second-order valence-corrected chi connectivity index (χ2v) is 6.71. The lowest BCUT2D eigenvalue weighted by atomic mass is 10.1. The van der Waals surface area contributed by atoms with Gasteiger partial charge in [-0.2, -0.15) is 18.4 Å². The molecule has 0 spiro atoms. The fourth-order valence-corrected chi connectivity index (χ4v) is 2.71. The van der Waals surface area contributed by atoms with E-state index in [9.17, 15) is 8.42 Å². The highest BCUT2D eigenvalue weighted by molar-refractivity contribution is 7.89. The molecule has 4 nitrogen and oxygen atoms in total. The molecule has 0 aliphatic rings. The van der Waals surface area contributed by atoms with E-state index in [4.69, 9.17) is 11.6 Å². The Hall–Kier alpha value is -1.85. The molecule has 6 heteroatoms. The van der Waals surface area contributed by atoms with Crippen molar-refractivity contribution in [2.75, 3.05) is 0 Å². The van der Waals surface area contributed by atoms with Crippen LogP contribution in [0.1, 0.15) is 18.1 Å². The first-order valence-electron chi connectivity index (χ1n) is 6.27. The van der Waals surface area contributed by atoms with Crippen LogP contribution in [-0.4, -0.2) is 14.1 Å². The Balaban J connectivity index is 2.21. The fourth-order valence-electron chi connectivity index (χ4n) is 1.73. The average Bonchev–Trinajstić information content (AvgIpc) is 2.45. The number of hydrogen-bond donors (Lipinski definition) is 1. The van der Waals surface area contributed by atoms with Gasteiger partial charge in [-0.15, -0.1) is 0 Å². The van der Waals surface area contributed by atoms with Crippen LogP contribution in [0.4, 0.5) is 0 Å². The lowest BCUT2D eigenvalue weighted by molar-refractivity contribution is 0.584. The third-order valence-corrected chi connectivity index (χ3v) is 4.37. The Morgan fingerprint density at radius 3 is 2.43 bits per heavy atom. The monoisotopic (exact) mass is 322 g/mol.